The summed E-state index contributed by atoms with van der Waals surface area (Å²) in [5.74, 6) is 1.50. The van der Waals surface area contributed by atoms with Crippen molar-refractivity contribution in [3.05, 3.63) is 42.1 Å². The molecule has 1 amide bonds. The Balaban J connectivity index is 1.36. The number of anilines is 1. The molecule has 1 N–H and O–H groups in total. The van der Waals surface area contributed by atoms with Gasteiger partial charge < -0.3 is 10.2 Å². The van der Waals surface area contributed by atoms with Crippen LogP contribution in [-0.4, -0.2) is 49.4 Å². The van der Waals surface area contributed by atoms with Crippen LogP contribution < -0.4 is 10.2 Å². The number of amides is 1. The molecule has 0 aromatic carbocycles. The Kier molecular flexibility index (Phi) is 3.84. The minimum atomic E-state index is -0.0756. The first-order chi connectivity index (χ1) is 13.2. The Morgan fingerprint density at radius 1 is 1.26 bits per heavy atom. The maximum absolute atomic E-state index is 12.5. The number of hydrogen-bond donors (Lipinski definition) is 1. The predicted molar refractivity (Wildman–Crippen MR) is 101 cm³/mol. The summed E-state index contributed by atoms with van der Waals surface area (Å²) >= 11 is 0. The molecule has 8 heteroatoms. The molecular formula is C19H23N7O. The maximum Gasteiger partial charge on any atom is 0.269 e. The van der Waals surface area contributed by atoms with Crippen LogP contribution in [0.3, 0.4) is 0 Å². The van der Waals surface area contributed by atoms with Crippen LogP contribution in [0.5, 0.6) is 0 Å². The molecule has 140 valence electrons. The molecule has 1 saturated carbocycles. The number of hydrogen-bond acceptors (Lipinski definition) is 5. The van der Waals surface area contributed by atoms with Gasteiger partial charge in [-0.25, -0.2) is 9.50 Å². The van der Waals surface area contributed by atoms with Crippen LogP contribution in [0.4, 0.5) is 5.82 Å². The van der Waals surface area contributed by atoms with Crippen molar-refractivity contribution in [2.24, 2.45) is 7.05 Å². The first-order valence-electron chi connectivity index (χ1n) is 9.57. The number of carbonyl (C=O) groups is 1. The normalized spacial score (nSPS) is 20.2. The van der Waals surface area contributed by atoms with E-state index in [1.54, 1.807) is 24.0 Å². The molecule has 27 heavy (non-hydrogen) atoms. The van der Waals surface area contributed by atoms with Crippen molar-refractivity contribution >= 4 is 17.2 Å². The summed E-state index contributed by atoms with van der Waals surface area (Å²) in [4.78, 5) is 19.4. The van der Waals surface area contributed by atoms with Gasteiger partial charge in [0.2, 0.25) is 0 Å². The molecule has 3 aromatic heterocycles. The summed E-state index contributed by atoms with van der Waals surface area (Å²) in [6.07, 6.45) is 9.82. The summed E-state index contributed by atoms with van der Waals surface area (Å²) < 4.78 is 3.54. The minimum absolute atomic E-state index is 0.0756. The molecule has 1 aliphatic carbocycles. The lowest BCUT2D eigenvalue weighted by molar-refractivity contribution is 0.0923. The zero-order valence-electron chi connectivity index (χ0n) is 15.4. The molecule has 0 radical (unpaired) electrons. The van der Waals surface area contributed by atoms with Crippen LogP contribution in [0.1, 0.15) is 47.8 Å². The number of carbonyl (C=O) groups excluding carboxylic acids is 1. The molecule has 5 rings (SSSR count). The highest BCUT2D eigenvalue weighted by molar-refractivity contribution is 5.92. The molecule has 3 aromatic rings. The summed E-state index contributed by atoms with van der Waals surface area (Å²) in [6, 6.07) is 4.01. The standard InChI is InChI=1S/C19H23N7O/c1-24-16(6-7-21-24)19(27)22-14-3-2-9-25(12-14)18-17-11-15(13-4-5-13)23-26(17)10-8-20-18/h6-8,10-11,13-14H,2-5,9,12H2,1H3,(H,22,27). The van der Waals surface area contributed by atoms with E-state index < -0.39 is 0 Å². The highest BCUT2D eigenvalue weighted by Gasteiger charge is 2.29. The van der Waals surface area contributed by atoms with Crippen molar-refractivity contribution in [3.8, 4) is 0 Å². The molecule has 1 aliphatic heterocycles. The Hall–Kier alpha value is -2.90. The largest absolute Gasteiger partial charge is 0.353 e. The van der Waals surface area contributed by atoms with Gasteiger partial charge in [0.15, 0.2) is 5.82 Å². The predicted octanol–water partition coefficient (Wildman–Crippen LogP) is 1.74. The van der Waals surface area contributed by atoms with E-state index >= 15 is 0 Å². The highest BCUT2D eigenvalue weighted by Crippen LogP contribution is 2.40. The van der Waals surface area contributed by atoms with Gasteiger partial charge in [0.05, 0.1) is 5.69 Å². The molecule has 1 atom stereocenters. The van der Waals surface area contributed by atoms with Crippen LogP contribution in [0.2, 0.25) is 0 Å². The van der Waals surface area contributed by atoms with E-state index in [-0.39, 0.29) is 11.9 Å². The minimum Gasteiger partial charge on any atom is -0.353 e. The van der Waals surface area contributed by atoms with Crippen molar-refractivity contribution in [3.63, 3.8) is 0 Å². The van der Waals surface area contributed by atoms with E-state index in [2.05, 4.69) is 26.4 Å². The second-order valence-corrected chi connectivity index (χ2v) is 7.52. The highest BCUT2D eigenvalue weighted by atomic mass is 16.2. The Morgan fingerprint density at radius 2 is 2.15 bits per heavy atom. The van der Waals surface area contributed by atoms with E-state index in [1.165, 1.54) is 18.5 Å². The molecule has 4 heterocycles. The summed E-state index contributed by atoms with van der Waals surface area (Å²) in [7, 11) is 1.78. The molecule has 0 bridgehead atoms. The number of fused-ring (bicyclic) bond motifs is 1. The lowest BCUT2D eigenvalue weighted by Crippen LogP contribution is -2.48. The number of rotatable bonds is 4. The average molecular weight is 365 g/mol. The van der Waals surface area contributed by atoms with Crippen molar-refractivity contribution in [1.29, 1.82) is 0 Å². The third-order valence-corrected chi connectivity index (χ3v) is 5.49. The first kappa shape index (κ1) is 16.3. The fourth-order valence-corrected chi connectivity index (χ4v) is 3.89. The van der Waals surface area contributed by atoms with Gasteiger partial charge in [-0.05, 0) is 37.8 Å². The van der Waals surface area contributed by atoms with Crippen molar-refractivity contribution in [1.82, 2.24) is 29.7 Å². The summed E-state index contributed by atoms with van der Waals surface area (Å²) in [5.41, 5.74) is 2.80. The Labute approximate surface area is 157 Å². The lowest BCUT2D eigenvalue weighted by atomic mass is 10.1. The van der Waals surface area contributed by atoms with Gasteiger partial charge in [0, 0.05) is 50.7 Å². The van der Waals surface area contributed by atoms with Gasteiger partial charge in [-0.1, -0.05) is 0 Å². The van der Waals surface area contributed by atoms with Crippen molar-refractivity contribution < 1.29 is 4.79 Å². The third-order valence-electron chi connectivity index (χ3n) is 5.49. The van der Waals surface area contributed by atoms with Crippen LogP contribution in [0.15, 0.2) is 30.7 Å². The fraction of sp³-hybridized carbons (Fsp3) is 0.474. The third kappa shape index (κ3) is 3.05. The molecule has 2 aliphatic rings. The quantitative estimate of drug-likeness (QED) is 0.762. The van der Waals surface area contributed by atoms with Crippen molar-refractivity contribution in [2.75, 3.05) is 18.0 Å². The molecule has 1 unspecified atom stereocenters. The smallest absolute Gasteiger partial charge is 0.269 e. The summed E-state index contributed by atoms with van der Waals surface area (Å²) in [5, 5.41) is 11.9. The van der Waals surface area contributed by atoms with Gasteiger partial charge in [-0.3, -0.25) is 9.48 Å². The molecule has 1 saturated heterocycles. The second-order valence-electron chi connectivity index (χ2n) is 7.52. The Bertz CT molecular complexity index is 987. The number of piperidine rings is 1. The van der Waals surface area contributed by atoms with E-state index in [1.807, 2.05) is 16.9 Å². The SMILES string of the molecule is Cn1nccc1C(=O)NC1CCCN(c2nccn3nc(C4CC4)cc23)C1. The van der Waals surface area contributed by atoms with Crippen LogP contribution >= 0.6 is 0 Å². The lowest BCUT2D eigenvalue weighted by Gasteiger charge is -2.34. The van der Waals surface area contributed by atoms with Gasteiger partial charge >= 0.3 is 0 Å². The van der Waals surface area contributed by atoms with Crippen molar-refractivity contribution in [2.45, 2.75) is 37.6 Å². The Morgan fingerprint density at radius 3 is 2.93 bits per heavy atom. The molecule has 2 fully saturated rings. The van der Waals surface area contributed by atoms with Crippen LogP contribution in [0.25, 0.3) is 5.52 Å². The number of aryl methyl sites for hydroxylation is 1. The first-order valence-corrected chi connectivity index (χ1v) is 9.57. The second kappa shape index (κ2) is 6.37. The van der Waals surface area contributed by atoms with E-state index in [4.69, 9.17) is 5.10 Å². The van der Waals surface area contributed by atoms with Gasteiger partial charge in [0.25, 0.3) is 5.91 Å². The van der Waals surface area contributed by atoms with E-state index in [0.717, 1.165) is 37.3 Å². The van der Waals surface area contributed by atoms with Crippen LogP contribution in [0, 0.1) is 0 Å². The topological polar surface area (TPSA) is 80.4 Å². The van der Waals surface area contributed by atoms with E-state index in [0.29, 0.717) is 11.6 Å². The zero-order chi connectivity index (χ0) is 18.4. The number of aromatic nitrogens is 5. The fourth-order valence-electron chi connectivity index (χ4n) is 3.89. The van der Waals surface area contributed by atoms with Gasteiger partial charge in [-0.2, -0.15) is 10.2 Å². The number of nitrogens with zero attached hydrogens (tertiary/aromatic N) is 6. The summed E-state index contributed by atoms with van der Waals surface area (Å²) in [6.45, 7) is 1.69. The number of nitrogens with one attached hydrogen (secondary N) is 1. The van der Waals surface area contributed by atoms with E-state index in [9.17, 15) is 4.79 Å². The van der Waals surface area contributed by atoms with Gasteiger partial charge in [0.1, 0.15) is 11.2 Å². The van der Waals surface area contributed by atoms with Crippen LogP contribution in [-0.2, 0) is 7.05 Å². The zero-order valence-corrected chi connectivity index (χ0v) is 15.4. The van der Waals surface area contributed by atoms with Gasteiger partial charge in [-0.15, -0.1) is 0 Å². The molecule has 0 spiro atoms. The molecular weight excluding hydrogens is 342 g/mol. The maximum atomic E-state index is 12.5. The monoisotopic (exact) mass is 365 g/mol. The molecule has 8 nitrogen and oxygen atoms in total. The average Bonchev–Trinajstić information content (AvgIpc) is 3.28.